The van der Waals surface area contributed by atoms with Crippen molar-refractivity contribution in [1.29, 1.82) is 0 Å². The van der Waals surface area contributed by atoms with Crippen molar-refractivity contribution in [3.63, 3.8) is 0 Å². The summed E-state index contributed by atoms with van der Waals surface area (Å²) in [6, 6.07) is 0. The fourth-order valence-corrected chi connectivity index (χ4v) is 4.51. The van der Waals surface area contributed by atoms with Gasteiger partial charge in [-0.15, -0.1) is 0 Å². The Bertz CT molecular complexity index is 637. The van der Waals surface area contributed by atoms with Crippen molar-refractivity contribution >= 4 is 5.97 Å². The Labute approximate surface area is 212 Å². The van der Waals surface area contributed by atoms with Crippen LogP contribution in [-0.4, -0.2) is 23.8 Å². The molecule has 0 aromatic heterocycles. The normalized spacial score (nSPS) is 22.7. The van der Waals surface area contributed by atoms with Gasteiger partial charge >= 0.3 is 0 Å². The summed E-state index contributed by atoms with van der Waals surface area (Å²) < 4.78 is 5.82. The number of ether oxygens (including phenoxy) is 1. The third-order valence-electron chi connectivity index (χ3n) is 8.00. The minimum atomic E-state index is -0.833. The molecule has 2 aliphatic carbocycles. The summed E-state index contributed by atoms with van der Waals surface area (Å²) in [6.07, 6.45) is 15.6. The van der Waals surface area contributed by atoms with Gasteiger partial charge in [0, 0.05) is 13.5 Å². The summed E-state index contributed by atoms with van der Waals surface area (Å²) >= 11 is 0. The average Bonchev–Trinajstić information content (AvgIpc) is 3.30. The van der Waals surface area contributed by atoms with Crippen molar-refractivity contribution in [2.45, 2.75) is 134 Å². The van der Waals surface area contributed by atoms with Crippen molar-refractivity contribution in [2.75, 3.05) is 6.61 Å². The zero-order valence-corrected chi connectivity index (χ0v) is 24.6. The van der Waals surface area contributed by atoms with Crippen molar-refractivity contribution in [2.24, 2.45) is 28.6 Å². The van der Waals surface area contributed by atoms with Crippen LogP contribution in [0.4, 0.5) is 0 Å². The Balaban J connectivity index is 0.000000896. The van der Waals surface area contributed by atoms with Gasteiger partial charge in [-0.2, -0.15) is 0 Å². The molecular formula is C31H58O3. The average molecular weight is 479 g/mol. The molecule has 1 saturated carbocycles. The standard InChI is InChI=1S/C23H42O.C6H12.C2H4O2/c1-8-20(16-18(4)12-11-15-23(6,7)9-2)21-13-14-22(24-10-3)19(5)17-21;1-5-4-6(5,2)3;1-2(3)4/h13,17-18,20,22H,8-12,14-16H2,1-7H3;5H,4H2,1-3H3;1H3,(H,3,4). The van der Waals surface area contributed by atoms with Crippen LogP contribution in [0.5, 0.6) is 0 Å². The quantitative estimate of drug-likeness (QED) is 0.321. The SMILES string of the molecule is CC(=O)O.CC1CC1(C)C.CCOC1CC=C(C(CC)CC(C)CCCC(C)(C)CC)C=C1C. The lowest BCUT2D eigenvalue weighted by Crippen LogP contribution is -2.19. The predicted octanol–water partition coefficient (Wildman–Crippen LogP) is 9.47. The minimum absolute atomic E-state index is 0.310. The Morgan fingerprint density at radius 1 is 1.26 bits per heavy atom. The third kappa shape index (κ3) is 14.3. The van der Waals surface area contributed by atoms with Gasteiger partial charge < -0.3 is 9.84 Å². The van der Waals surface area contributed by atoms with E-state index in [0.29, 0.717) is 16.9 Å². The first-order chi connectivity index (χ1) is 15.7. The van der Waals surface area contributed by atoms with E-state index in [1.165, 1.54) is 50.5 Å². The number of rotatable bonds is 11. The molecule has 4 atom stereocenters. The van der Waals surface area contributed by atoms with Gasteiger partial charge in [-0.1, -0.05) is 86.8 Å². The van der Waals surface area contributed by atoms with Gasteiger partial charge in [-0.05, 0) is 85.7 Å². The molecule has 2 rings (SSSR count). The maximum atomic E-state index is 9.00. The van der Waals surface area contributed by atoms with Crippen LogP contribution >= 0.6 is 0 Å². The predicted molar refractivity (Wildman–Crippen MR) is 148 cm³/mol. The van der Waals surface area contributed by atoms with Gasteiger partial charge in [-0.25, -0.2) is 0 Å². The van der Waals surface area contributed by atoms with Crippen LogP contribution < -0.4 is 0 Å². The first-order valence-electron chi connectivity index (χ1n) is 13.9. The van der Waals surface area contributed by atoms with Crippen LogP contribution in [0, 0.1) is 28.6 Å². The van der Waals surface area contributed by atoms with Crippen LogP contribution in [-0.2, 0) is 9.53 Å². The van der Waals surface area contributed by atoms with Crippen molar-refractivity contribution in [3.05, 3.63) is 23.3 Å². The molecule has 34 heavy (non-hydrogen) atoms. The lowest BCUT2D eigenvalue weighted by atomic mass is 9.80. The molecule has 1 fully saturated rings. The summed E-state index contributed by atoms with van der Waals surface area (Å²) in [5, 5.41) is 7.42. The number of hydrogen-bond donors (Lipinski definition) is 1. The largest absolute Gasteiger partial charge is 0.481 e. The van der Waals surface area contributed by atoms with Crippen molar-refractivity contribution < 1.29 is 14.6 Å². The molecular weight excluding hydrogens is 420 g/mol. The topological polar surface area (TPSA) is 46.5 Å². The second-order valence-corrected chi connectivity index (χ2v) is 12.2. The molecule has 0 amide bonds. The van der Waals surface area contributed by atoms with Crippen LogP contribution in [0.2, 0.25) is 0 Å². The van der Waals surface area contributed by atoms with E-state index in [2.05, 4.69) is 81.4 Å². The van der Waals surface area contributed by atoms with E-state index in [0.717, 1.165) is 37.7 Å². The summed E-state index contributed by atoms with van der Waals surface area (Å²) in [5.41, 5.74) is 4.20. The van der Waals surface area contributed by atoms with E-state index >= 15 is 0 Å². The molecule has 200 valence electrons. The van der Waals surface area contributed by atoms with Crippen LogP contribution in [0.3, 0.4) is 0 Å². The van der Waals surface area contributed by atoms with Gasteiger partial charge in [0.05, 0.1) is 6.10 Å². The zero-order valence-electron chi connectivity index (χ0n) is 24.6. The fourth-order valence-electron chi connectivity index (χ4n) is 4.51. The van der Waals surface area contributed by atoms with E-state index in [1.807, 2.05) is 0 Å². The molecule has 2 aliphatic rings. The van der Waals surface area contributed by atoms with E-state index in [1.54, 1.807) is 5.57 Å². The molecule has 0 aromatic rings. The van der Waals surface area contributed by atoms with Gasteiger partial charge in [0.25, 0.3) is 5.97 Å². The number of carbonyl (C=O) groups is 1. The first-order valence-corrected chi connectivity index (χ1v) is 13.9. The van der Waals surface area contributed by atoms with E-state index in [-0.39, 0.29) is 0 Å². The molecule has 0 aliphatic heterocycles. The summed E-state index contributed by atoms with van der Waals surface area (Å²) in [5.74, 6) is 1.70. The fraction of sp³-hybridized carbons (Fsp3) is 0.839. The van der Waals surface area contributed by atoms with Gasteiger partial charge in [-0.3, -0.25) is 4.79 Å². The zero-order chi connectivity index (χ0) is 26.5. The number of carboxylic acids is 1. The number of allylic oxidation sites excluding steroid dienone is 2. The molecule has 4 unspecified atom stereocenters. The Hall–Kier alpha value is -1.09. The van der Waals surface area contributed by atoms with E-state index in [9.17, 15) is 0 Å². The molecule has 0 spiro atoms. The number of aliphatic carboxylic acids is 1. The minimum Gasteiger partial charge on any atom is -0.481 e. The van der Waals surface area contributed by atoms with Gasteiger partial charge in [0.15, 0.2) is 0 Å². The Kier molecular flexibility index (Phi) is 15.3. The molecule has 0 radical (unpaired) electrons. The maximum absolute atomic E-state index is 9.00. The monoisotopic (exact) mass is 478 g/mol. The van der Waals surface area contributed by atoms with Crippen LogP contribution in [0.1, 0.15) is 128 Å². The second kappa shape index (κ2) is 15.8. The molecule has 0 bridgehead atoms. The molecule has 3 heteroatoms. The highest BCUT2D eigenvalue weighted by atomic mass is 16.5. The lowest BCUT2D eigenvalue weighted by Gasteiger charge is -2.28. The maximum Gasteiger partial charge on any atom is 0.300 e. The molecule has 0 saturated heterocycles. The summed E-state index contributed by atoms with van der Waals surface area (Å²) in [7, 11) is 0. The van der Waals surface area contributed by atoms with Gasteiger partial charge in [0.2, 0.25) is 0 Å². The molecule has 0 aromatic carbocycles. The second-order valence-electron chi connectivity index (χ2n) is 12.2. The van der Waals surface area contributed by atoms with Crippen LogP contribution in [0.25, 0.3) is 0 Å². The smallest absolute Gasteiger partial charge is 0.300 e. The summed E-state index contributed by atoms with van der Waals surface area (Å²) in [6.45, 7) is 25.1. The van der Waals surface area contributed by atoms with E-state index in [4.69, 9.17) is 14.6 Å². The number of carboxylic acid groups (broad SMARTS) is 1. The lowest BCUT2D eigenvalue weighted by molar-refractivity contribution is -0.134. The highest BCUT2D eigenvalue weighted by molar-refractivity contribution is 5.62. The first kappa shape index (κ1) is 32.9. The number of hydrogen-bond acceptors (Lipinski definition) is 2. The summed E-state index contributed by atoms with van der Waals surface area (Å²) in [4.78, 5) is 9.00. The van der Waals surface area contributed by atoms with Gasteiger partial charge in [0.1, 0.15) is 0 Å². The Morgan fingerprint density at radius 3 is 2.18 bits per heavy atom. The molecule has 1 N–H and O–H groups in total. The highest BCUT2D eigenvalue weighted by Gasteiger charge is 2.41. The molecule has 0 heterocycles. The Morgan fingerprint density at radius 2 is 1.79 bits per heavy atom. The van der Waals surface area contributed by atoms with Crippen molar-refractivity contribution in [3.8, 4) is 0 Å². The van der Waals surface area contributed by atoms with E-state index < -0.39 is 5.97 Å². The third-order valence-corrected chi connectivity index (χ3v) is 8.00. The van der Waals surface area contributed by atoms with Crippen molar-refractivity contribution in [1.82, 2.24) is 0 Å². The molecule has 3 nitrogen and oxygen atoms in total. The van der Waals surface area contributed by atoms with Crippen LogP contribution in [0.15, 0.2) is 23.3 Å². The highest BCUT2D eigenvalue weighted by Crippen LogP contribution is 2.50.